The normalized spacial score (nSPS) is 12.5. The van der Waals surface area contributed by atoms with Gasteiger partial charge in [-0.1, -0.05) is 178 Å². The van der Waals surface area contributed by atoms with Crippen molar-refractivity contribution in [2.45, 2.75) is 245 Å². The molecule has 6 nitrogen and oxygen atoms in total. The van der Waals surface area contributed by atoms with E-state index in [1.165, 1.54) is 89.9 Å². The summed E-state index contributed by atoms with van der Waals surface area (Å²) >= 11 is 0. The van der Waals surface area contributed by atoms with Crippen LogP contribution >= 0.6 is 0 Å². The van der Waals surface area contributed by atoms with E-state index >= 15 is 0 Å². The molecule has 0 radical (unpaired) electrons. The summed E-state index contributed by atoms with van der Waals surface area (Å²) in [6, 6.07) is 0. The van der Waals surface area contributed by atoms with Crippen LogP contribution in [0.2, 0.25) is 0 Å². The quantitative estimate of drug-likeness (QED) is 0.0263. The predicted molar refractivity (Wildman–Crippen MR) is 251 cm³/mol. The van der Waals surface area contributed by atoms with Gasteiger partial charge in [0.2, 0.25) is 0 Å². The van der Waals surface area contributed by atoms with Crippen molar-refractivity contribution in [2.75, 3.05) is 13.2 Å². The van der Waals surface area contributed by atoms with Crippen molar-refractivity contribution in [1.29, 1.82) is 0 Å². The van der Waals surface area contributed by atoms with E-state index in [0.717, 1.165) is 109 Å². The van der Waals surface area contributed by atoms with E-state index in [2.05, 4.69) is 81.5 Å². The van der Waals surface area contributed by atoms with Gasteiger partial charge in [-0.3, -0.25) is 14.4 Å². The minimum absolute atomic E-state index is 0.0892. The van der Waals surface area contributed by atoms with Gasteiger partial charge in [0.15, 0.2) is 6.10 Å². The number of carbonyl (C=O) groups excluding carboxylic acids is 3. The summed E-state index contributed by atoms with van der Waals surface area (Å²) in [4.78, 5) is 37.9. The zero-order chi connectivity index (χ0) is 43.0. The Morgan fingerprint density at radius 2 is 0.627 bits per heavy atom. The van der Waals surface area contributed by atoms with Gasteiger partial charge < -0.3 is 14.2 Å². The molecule has 6 heteroatoms. The molecular formula is C53H92O6. The second-order valence-electron chi connectivity index (χ2n) is 16.4. The zero-order valence-corrected chi connectivity index (χ0v) is 38.8. The van der Waals surface area contributed by atoms with E-state index in [4.69, 9.17) is 14.2 Å². The Labute approximate surface area is 364 Å². The molecule has 0 N–H and O–H groups in total. The second kappa shape index (κ2) is 47.8. The second-order valence-corrected chi connectivity index (χ2v) is 16.4. The highest BCUT2D eigenvalue weighted by Crippen LogP contribution is 2.13. The van der Waals surface area contributed by atoms with Crippen molar-refractivity contribution < 1.29 is 28.6 Å². The van der Waals surface area contributed by atoms with Crippen molar-refractivity contribution >= 4 is 17.9 Å². The lowest BCUT2D eigenvalue weighted by molar-refractivity contribution is -0.167. The van der Waals surface area contributed by atoms with Crippen LogP contribution in [0.15, 0.2) is 60.8 Å². The standard InChI is InChI=1S/C53H92O6/c1-4-7-10-13-16-19-22-24-26-28-31-34-37-40-43-46-52(55)58-49-50(48-57-51(54)45-42-39-36-33-30-21-18-15-12-9-6-3)59-53(56)47-44-41-38-35-32-29-27-25-23-20-17-14-11-8-5-2/h15-20,24-27,50H,4-14,21-23,28-49H2,1-3H3/b18-15-,19-16-,20-17-,26-24-,27-25-/t50-/m0/s1. The zero-order valence-electron chi connectivity index (χ0n) is 38.8. The third kappa shape index (κ3) is 46.0. The molecule has 0 aromatic rings. The van der Waals surface area contributed by atoms with E-state index in [9.17, 15) is 14.4 Å². The molecule has 340 valence electrons. The van der Waals surface area contributed by atoms with Gasteiger partial charge in [-0.2, -0.15) is 0 Å². The number of hydrogen-bond acceptors (Lipinski definition) is 6. The van der Waals surface area contributed by atoms with Crippen molar-refractivity contribution in [2.24, 2.45) is 0 Å². The molecule has 0 bridgehead atoms. The molecular weight excluding hydrogens is 733 g/mol. The van der Waals surface area contributed by atoms with Gasteiger partial charge in [0, 0.05) is 19.3 Å². The van der Waals surface area contributed by atoms with E-state index in [1.54, 1.807) is 0 Å². The molecule has 0 heterocycles. The largest absolute Gasteiger partial charge is 0.462 e. The van der Waals surface area contributed by atoms with E-state index in [-0.39, 0.29) is 31.1 Å². The fourth-order valence-electron chi connectivity index (χ4n) is 6.66. The molecule has 0 aromatic carbocycles. The van der Waals surface area contributed by atoms with E-state index in [1.807, 2.05) is 0 Å². The SMILES string of the molecule is CCCC/C=C\CCCCCCCC(=O)OC[C@@H](COC(=O)CCCCCCC/C=C\C/C=C\CCCCC)OC(=O)CCCCCCC/C=C\C/C=C\CCCCC. The highest BCUT2D eigenvalue weighted by Gasteiger charge is 2.19. The summed E-state index contributed by atoms with van der Waals surface area (Å²) in [5, 5.41) is 0. The maximum atomic E-state index is 12.8. The summed E-state index contributed by atoms with van der Waals surface area (Å²) in [6.07, 6.45) is 57.7. The highest BCUT2D eigenvalue weighted by atomic mass is 16.6. The lowest BCUT2D eigenvalue weighted by atomic mass is 10.1. The van der Waals surface area contributed by atoms with E-state index < -0.39 is 6.10 Å². The van der Waals surface area contributed by atoms with Crippen molar-refractivity contribution in [3.05, 3.63) is 60.8 Å². The van der Waals surface area contributed by atoms with Crippen LogP contribution in [-0.2, 0) is 28.6 Å². The first-order valence-electron chi connectivity index (χ1n) is 24.8. The molecule has 0 aliphatic heterocycles. The summed E-state index contributed by atoms with van der Waals surface area (Å²) in [7, 11) is 0. The molecule has 0 aliphatic carbocycles. The molecule has 0 saturated carbocycles. The Morgan fingerprint density at radius 3 is 1.00 bits per heavy atom. The summed E-state index contributed by atoms with van der Waals surface area (Å²) in [6.45, 7) is 6.51. The van der Waals surface area contributed by atoms with Crippen LogP contribution in [0, 0.1) is 0 Å². The minimum Gasteiger partial charge on any atom is -0.462 e. The maximum Gasteiger partial charge on any atom is 0.306 e. The summed E-state index contributed by atoms with van der Waals surface area (Å²) < 4.78 is 16.7. The van der Waals surface area contributed by atoms with Crippen LogP contribution < -0.4 is 0 Å². The number of unbranched alkanes of at least 4 members (excludes halogenated alkanes) is 23. The first kappa shape index (κ1) is 56.1. The molecule has 0 rings (SSSR count). The van der Waals surface area contributed by atoms with Crippen LogP contribution in [0.1, 0.15) is 239 Å². The highest BCUT2D eigenvalue weighted by molar-refractivity contribution is 5.71. The Bertz CT molecular complexity index is 1090. The summed E-state index contributed by atoms with van der Waals surface area (Å²) in [5.41, 5.74) is 0. The Hall–Kier alpha value is -2.89. The molecule has 1 atom stereocenters. The predicted octanol–water partition coefficient (Wildman–Crippen LogP) is 16.1. The first-order chi connectivity index (χ1) is 29.0. The first-order valence-corrected chi connectivity index (χ1v) is 24.8. The third-order valence-electron chi connectivity index (χ3n) is 10.5. The van der Waals surface area contributed by atoms with E-state index in [0.29, 0.717) is 19.3 Å². The molecule has 0 fully saturated rings. The van der Waals surface area contributed by atoms with Gasteiger partial charge in [-0.25, -0.2) is 0 Å². The fourth-order valence-corrected chi connectivity index (χ4v) is 6.66. The maximum absolute atomic E-state index is 12.8. The van der Waals surface area contributed by atoms with Gasteiger partial charge in [0.05, 0.1) is 0 Å². The Kier molecular flexibility index (Phi) is 45.4. The molecule has 0 spiro atoms. The van der Waals surface area contributed by atoms with Crippen LogP contribution in [0.5, 0.6) is 0 Å². The van der Waals surface area contributed by atoms with Crippen LogP contribution in [0.4, 0.5) is 0 Å². The number of allylic oxidation sites excluding steroid dienone is 10. The third-order valence-corrected chi connectivity index (χ3v) is 10.5. The van der Waals surface area contributed by atoms with Crippen LogP contribution in [-0.4, -0.2) is 37.2 Å². The Morgan fingerprint density at radius 1 is 0.339 bits per heavy atom. The molecule has 59 heavy (non-hydrogen) atoms. The van der Waals surface area contributed by atoms with Gasteiger partial charge in [0.1, 0.15) is 13.2 Å². The minimum atomic E-state index is -0.789. The van der Waals surface area contributed by atoms with Crippen LogP contribution in [0.3, 0.4) is 0 Å². The van der Waals surface area contributed by atoms with Gasteiger partial charge in [-0.15, -0.1) is 0 Å². The molecule has 0 aliphatic rings. The number of carbonyl (C=O) groups is 3. The fraction of sp³-hybridized carbons (Fsp3) is 0.755. The van der Waals surface area contributed by atoms with Crippen LogP contribution in [0.25, 0.3) is 0 Å². The Balaban J connectivity index is 4.43. The summed E-state index contributed by atoms with van der Waals surface area (Å²) in [5.74, 6) is -0.926. The van der Waals surface area contributed by atoms with Gasteiger partial charge >= 0.3 is 17.9 Å². The monoisotopic (exact) mass is 825 g/mol. The van der Waals surface area contributed by atoms with Gasteiger partial charge in [0.25, 0.3) is 0 Å². The lowest BCUT2D eigenvalue weighted by Crippen LogP contribution is -2.30. The number of hydrogen-bond donors (Lipinski definition) is 0. The number of ether oxygens (including phenoxy) is 3. The molecule has 0 aromatic heterocycles. The van der Waals surface area contributed by atoms with Crippen molar-refractivity contribution in [3.63, 3.8) is 0 Å². The molecule has 0 saturated heterocycles. The topological polar surface area (TPSA) is 78.9 Å². The van der Waals surface area contributed by atoms with Crippen molar-refractivity contribution in [3.8, 4) is 0 Å². The van der Waals surface area contributed by atoms with Gasteiger partial charge in [-0.05, 0) is 103 Å². The average molecular weight is 825 g/mol. The lowest BCUT2D eigenvalue weighted by Gasteiger charge is -2.18. The number of rotatable bonds is 44. The number of esters is 3. The molecule has 0 unspecified atom stereocenters. The average Bonchev–Trinajstić information content (AvgIpc) is 3.23. The van der Waals surface area contributed by atoms with Crippen molar-refractivity contribution in [1.82, 2.24) is 0 Å². The molecule has 0 amide bonds. The smallest absolute Gasteiger partial charge is 0.306 e.